The smallest absolute Gasteiger partial charge is 0.418 e. The van der Waals surface area contributed by atoms with Crippen LogP contribution in [0.4, 0.5) is 24.8 Å². The molecule has 0 radical (unpaired) electrons. The molecule has 12 heteroatoms. The van der Waals surface area contributed by atoms with Gasteiger partial charge in [-0.1, -0.05) is 17.7 Å². The SMILES string of the molecule is COc1ccc(Cl)c(-c2nc(NSc3cccc(N4CCCC(C)(C(=O)O)C4)n3)ccc2C(F)(F)F)c1. The van der Waals surface area contributed by atoms with E-state index in [0.717, 1.165) is 24.4 Å². The van der Waals surface area contributed by atoms with Crippen LogP contribution < -0.4 is 14.4 Å². The van der Waals surface area contributed by atoms with Crippen LogP contribution in [0.1, 0.15) is 25.3 Å². The second kappa shape index (κ2) is 10.7. The molecular weight excluding hydrogens is 529 g/mol. The van der Waals surface area contributed by atoms with E-state index in [0.29, 0.717) is 36.1 Å². The van der Waals surface area contributed by atoms with Gasteiger partial charge in [-0.05, 0) is 62.2 Å². The standard InChI is InChI=1S/C25H24ClF3N4O3S/c1-24(23(34)35)11-4-12-33(14-24)20-5-3-6-21(31-20)37-32-19-10-8-17(25(27,28)29)22(30-19)16-13-15(36-2)7-9-18(16)26/h3,5-10,13H,4,11-12,14H2,1-2H3,(H,30,32)(H,34,35). The van der Waals surface area contributed by atoms with Crippen molar-refractivity contribution >= 4 is 41.2 Å². The molecule has 0 bridgehead atoms. The van der Waals surface area contributed by atoms with Gasteiger partial charge in [0.2, 0.25) is 0 Å². The lowest BCUT2D eigenvalue weighted by molar-refractivity contribution is -0.148. The summed E-state index contributed by atoms with van der Waals surface area (Å²) in [4.78, 5) is 22.4. The first-order chi connectivity index (χ1) is 17.5. The van der Waals surface area contributed by atoms with Gasteiger partial charge in [-0.3, -0.25) is 4.79 Å². The van der Waals surface area contributed by atoms with Gasteiger partial charge in [0.15, 0.2) is 0 Å². The summed E-state index contributed by atoms with van der Waals surface area (Å²) in [5.41, 5.74) is -2.02. The summed E-state index contributed by atoms with van der Waals surface area (Å²) in [6.45, 7) is 2.74. The molecule has 2 N–H and O–H groups in total. The number of methoxy groups -OCH3 is 1. The van der Waals surface area contributed by atoms with Gasteiger partial charge in [-0.25, -0.2) is 9.97 Å². The molecule has 7 nitrogen and oxygen atoms in total. The Balaban J connectivity index is 1.58. The van der Waals surface area contributed by atoms with Crippen LogP contribution >= 0.6 is 23.5 Å². The van der Waals surface area contributed by atoms with Crippen molar-refractivity contribution in [3.8, 4) is 17.0 Å². The summed E-state index contributed by atoms with van der Waals surface area (Å²) in [6.07, 6.45) is -3.32. The molecule has 37 heavy (non-hydrogen) atoms. The lowest BCUT2D eigenvalue weighted by atomic mass is 9.82. The minimum absolute atomic E-state index is 0.0914. The van der Waals surface area contributed by atoms with Crippen molar-refractivity contribution < 1.29 is 27.8 Å². The average molecular weight is 553 g/mol. The van der Waals surface area contributed by atoms with Crippen LogP contribution in [0.15, 0.2) is 53.6 Å². The minimum atomic E-state index is -4.64. The Morgan fingerprint density at radius 2 is 2.00 bits per heavy atom. The summed E-state index contributed by atoms with van der Waals surface area (Å²) < 4.78 is 49.4. The fourth-order valence-corrected chi connectivity index (χ4v) is 4.93. The highest BCUT2D eigenvalue weighted by molar-refractivity contribution is 8.00. The fourth-order valence-electron chi connectivity index (χ4n) is 4.11. The highest BCUT2D eigenvalue weighted by Crippen LogP contribution is 2.41. The first kappa shape index (κ1) is 26.9. The van der Waals surface area contributed by atoms with E-state index in [1.807, 2.05) is 4.90 Å². The Morgan fingerprint density at radius 1 is 1.22 bits per heavy atom. The molecular formula is C25H24ClF3N4O3S. The highest BCUT2D eigenvalue weighted by Gasteiger charge is 2.38. The lowest BCUT2D eigenvalue weighted by Gasteiger charge is -2.38. The number of nitrogens with one attached hydrogen (secondary N) is 1. The Hall–Kier alpha value is -3.18. The number of rotatable bonds is 7. The predicted octanol–water partition coefficient (Wildman–Crippen LogP) is 6.63. The zero-order valence-electron chi connectivity index (χ0n) is 20.0. The number of anilines is 2. The first-order valence-electron chi connectivity index (χ1n) is 11.3. The van der Waals surface area contributed by atoms with Crippen LogP contribution in [0, 0.1) is 5.41 Å². The average Bonchev–Trinajstić information content (AvgIpc) is 2.87. The number of alkyl halides is 3. The molecule has 4 rings (SSSR count). The third-order valence-corrected chi connectivity index (χ3v) is 7.21. The molecule has 2 aromatic heterocycles. The fraction of sp³-hybridized carbons (Fsp3) is 0.320. The quantitative estimate of drug-likeness (QED) is 0.316. The number of carbonyl (C=O) groups is 1. The molecule has 1 fully saturated rings. The maximum absolute atomic E-state index is 13.8. The van der Waals surface area contributed by atoms with Crippen molar-refractivity contribution in [2.24, 2.45) is 5.41 Å². The van der Waals surface area contributed by atoms with Crippen LogP contribution in [0.2, 0.25) is 5.02 Å². The third-order valence-electron chi connectivity index (χ3n) is 6.14. The molecule has 1 saturated heterocycles. The zero-order chi connectivity index (χ0) is 26.8. The van der Waals surface area contributed by atoms with Gasteiger partial charge in [0, 0.05) is 30.6 Å². The molecule has 1 aliphatic heterocycles. The summed E-state index contributed by atoms with van der Waals surface area (Å²) in [6, 6.07) is 11.9. The Kier molecular flexibility index (Phi) is 7.75. The first-order valence-corrected chi connectivity index (χ1v) is 12.5. The Bertz CT molecular complexity index is 1310. The minimum Gasteiger partial charge on any atom is -0.497 e. The Morgan fingerprint density at radius 3 is 2.70 bits per heavy atom. The molecule has 1 aliphatic rings. The molecule has 196 valence electrons. The third kappa shape index (κ3) is 6.04. The largest absolute Gasteiger partial charge is 0.497 e. The van der Waals surface area contributed by atoms with Gasteiger partial charge in [0.25, 0.3) is 0 Å². The van der Waals surface area contributed by atoms with E-state index in [4.69, 9.17) is 16.3 Å². The molecule has 0 spiro atoms. The number of aliphatic carboxylic acids is 1. The number of benzene rings is 1. The summed E-state index contributed by atoms with van der Waals surface area (Å²) >= 11 is 7.31. The van der Waals surface area contributed by atoms with E-state index >= 15 is 0 Å². The van der Waals surface area contributed by atoms with E-state index in [1.165, 1.54) is 25.3 Å². The van der Waals surface area contributed by atoms with E-state index in [9.17, 15) is 23.1 Å². The van der Waals surface area contributed by atoms with E-state index in [2.05, 4.69) is 14.7 Å². The maximum Gasteiger partial charge on any atom is 0.418 e. The normalized spacial score (nSPS) is 17.9. The van der Waals surface area contributed by atoms with Crippen LogP contribution in [-0.4, -0.2) is 41.2 Å². The molecule has 1 aromatic carbocycles. The summed E-state index contributed by atoms with van der Waals surface area (Å²) in [5, 5.41) is 10.2. The van der Waals surface area contributed by atoms with Gasteiger partial charge >= 0.3 is 12.1 Å². The number of carboxylic acids is 1. The van der Waals surface area contributed by atoms with Crippen molar-refractivity contribution in [3.63, 3.8) is 0 Å². The van der Waals surface area contributed by atoms with Crippen molar-refractivity contribution in [1.29, 1.82) is 0 Å². The van der Waals surface area contributed by atoms with E-state index in [-0.39, 0.29) is 22.1 Å². The van der Waals surface area contributed by atoms with E-state index < -0.39 is 23.1 Å². The number of halogens is 4. The number of aromatic nitrogens is 2. The second-order valence-corrected chi connectivity index (χ2v) is 10.1. The van der Waals surface area contributed by atoms with Gasteiger partial charge in [-0.2, -0.15) is 13.2 Å². The van der Waals surface area contributed by atoms with Crippen molar-refractivity contribution in [2.45, 2.75) is 31.0 Å². The molecule has 3 heterocycles. The highest BCUT2D eigenvalue weighted by atomic mass is 35.5. The lowest BCUT2D eigenvalue weighted by Crippen LogP contribution is -2.46. The van der Waals surface area contributed by atoms with Crippen LogP contribution in [0.25, 0.3) is 11.3 Å². The van der Waals surface area contributed by atoms with Crippen LogP contribution in [0.5, 0.6) is 5.75 Å². The number of carboxylic acid groups (broad SMARTS) is 1. The molecule has 1 unspecified atom stereocenters. The second-order valence-electron chi connectivity index (χ2n) is 8.87. The molecule has 3 aromatic rings. The topological polar surface area (TPSA) is 87.6 Å². The molecule has 0 saturated carbocycles. The maximum atomic E-state index is 13.8. The molecule has 0 aliphatic carbocycles. The van der Waals surface area contributed by atoms with Crippen molar-refractivity contribution in [3.05, 3.63) is 59.1 Å². The zero-order valence-corrected chi connectivity index (χ0v) is 21.5. The van der Waals surface area contributed by atoms with E-state index in [1.54, 1.807) is 31.2 Å². The summed E-state index contributed by atoms with van der Waals surface area (Å²) in [7, 11) is 1.41. The van der Waals surface area contributed by atoms with Gasteiger partial charge in [-0.15, -0.1) is 0 Å². The molecule has 1 atom stereocenters. The number of piperidine rings is 1. The van der Waals surface area contributed by atoms with Crippen LogP contribution in [0.3, 0.4) is 0 Å². The predicted molar refractivity (Wildman–Crippen MR) is 137 cm³/mol. The van der Waals surface area contributed by atoms with Gasteiger partial charge < -0.3 is 19.5 Å². The van der Waals surface area contributed by atoms with Gasteiger partial charge in [0.05, 0.1) is 28.8 Å². The number of ether oxygens (including phenoxy) is 1. The number of pyridine rings is 2. The van der Waals surface area contributed by atoms with Crippen molar-refractivity contribution in [1.82, 2.24) is 9.97 Å². The number of nitrogens with zero attached hydrogens (tertiary/aromatic N) is 3. The molecule has 0 amide bonds. The van der Waals surface area contributed by atoms with Crippen molar-refractivity contribution in [2.75, 3.05) is 29.8 Å². The van der Waals surface area contributed by atoms with Gasteiger partial charge in [0.1, 0.15) is 22.4 Å². The number of hydrogen-bond donors (Lipinski definition) is 2. The van der Waals surface area contributed by atoms with Crippen LogP contribution in [-0.2, 0) is 11.0 Å². The Labute approximate surface area is 221 Å². The number of hydrogen-bond acceptors (Lipinski definition) is 7. The monoisotopic (exact) mass is 552 g/mol. The summed E-state index contributed by atoms with van der Waals surface area (Å²) in [5.74, 6) is 0.309.